The molecule has 6 nitrogen and oxygen atoms in total. The zero-order valence-corrected chi connectivity index (χ0v) is 10.1. The lowest BCUT2D eigenvalue weighted by Gasteiger charge is -2.18. The van der Waals surface area contributed by atoms with Gasteiger partial charge in [0, 0.05) is 0 Å². The van der Waals surface area contributed by atoms with Crippen molar-refractivity contribution in [2.45, 2.75) is 44.9 Å². The van der Waals surface area contributed by atoms with Gasteiger partial charge >= 0.3 is 0 Å². The zero-order valence-electron chi connectivity index (χ0n) is 9.27. The summed E-state index contributed by atoms with van der Waals surface area (Å²) in [6, 6.07) is -0.632. The quantitative estimate of drug-likeness (QED) is 0.266. The Kier molecular flexibility index (Phi) is 5.59. The maximum Gasteiger partial charge on any atom is 0.214 e. The molecule has 1 unspecified atom stereocenters. The van der Waals surface area contributed by atoms with Gasteiger partial charge in [-0.15, -0.1) is 0 Å². The molecule has 1 atom stereocenters. The van der Waals surface area contributed by atoms with Crippen molar-refractivity contribution in [3.8, 4) is 0 Å². The Balaban J connectivity index is 4.70. The number of nitrogens with one attached hydrogen (secondary N) is 1. The van der Waals surface area contributed by atoms with E-state index in [1.165, 1.54) is 0 Å². The molecular formula is C8H19N3O3S. The van der Waals surface area contributed by atoms with E-state index in [2.05, 4.69) is 9.88 Å². The lowest BCUT2D eigenvalue weighted by atomic mass is 10.2. The van der Waals surface area contributed by atoms with E-state index in [0.717, 1.165) is 6.42 Å². The normalized spacial score (nSPS) is 15.6. The molecule has 0 aliphatic rings. The average molecular weight is 237 g/mol. The van der Waals surface area contributed by atoms with E-state index < -0.39 is 21.3 Å². The lowest BCUT2D eigenvalue weighted by molar-refractivity contribution is 0.315. The summed E-state index contributed by atoms with van der Waals surface area (Å²) in [6.07, 6.45) is 1.24. The van der Waals surface area contributed by atoms with Crippen LogP contribution in [-0.4, -0.2) is 30.8 Å². The number of amidine groups is 1. The first-order valence-electron chi connectivity index (χ1n) is 4.83. The molecule has 15 heavy (non-hydrogen) atoms. The predicted octanol–water partition coefficient (Wildman–Crippen LogP) is 0.229. The molecule has 0 aliphatic carbocycles. The first-order valence-corrected chi connectivity index (χ1v) is 6.38. The summed E-state index contributed by atoms with van der Waals surface area (Å²) in [4.78, 5) is 0. The zero-order chi connectivity index (χ0) is 12.1. The monoisotopic (exact) mass is 237 g/mol. The van der Waals surface area contributed by atoms with Crippen LogP contribution in [0.4, 0.5) is 0 Å². The molecule has 0 aliphatic heterocycles. The van der Waals surface area contributed by atoms with E-state index in [4.69, 9.17) is 10.9 Å². The van der Waals surface area contributed by atoms with Gasteiger partial charge in [0.05, 0.1) is 11.3 Å². The molecule has 0 spiro atoms. The van der Waals surface area contributed by atoms with Crippen LogP contribution in [0.3, 0.4) is 0 Å². The molecule has 0 aromatic heterocycles. The highest BCUT2D eigenvalue weighted by atomic mass is 32.2. The molecule has 90 valence electrons. The summed E-state index contributed by atoms with van der Waals surface area (Å²) in [5, 5.41) is 10.8. The highest BCUT2D eigenvalue weighted by Gasteiger charge is 2.23. The minimum atomic E-state index is -3.40. The van der Waals surface area contributed by atoms with E-state index in [-0.39, 0.29) is 5.84 Å². The fraction of sp³-hybridized carbons (Fsp3) is 0.875. The molecule has 0 amide bonds. The Labute approximate surface area is 90.6 Å². The van der Waals surface area contributed by atoms with Crippen LogP contribution in [0.15, 0.2) is 5.16 Å². The molecule has 7 heteroatoms. The van der Waals surface area contributed by atoms with Crippen LogP contribution in [0, 0.1) is 0 Å². The van der Waals surface area contributed by atoms with Gasteiger partial charge in [-0.05, 0) is 20.3 Å². The van der Waals surface area contributed by atoms with E-state index in [0.29, 0.717) is 6.42 Å². The molecule has 0 aromatic rings. The van der Waals surface area contributed by atoms with Crippen molar-refractivity contribution in [2.24, 2.45) is 10.9 Å². The first-order chi connectivity index (χ1) is 6.85. The minimum Gasteiger partial charge on any atom is -0.409 e. The topological polar surface area (TPSA) is 105 Å². The maximum absolute atomic E-state index is 11.5. The number of sulfonamides is 1. The number of oxime groups is 1. The summed E-state index contributed by atoms with van der Waals surface area (Å²) >= 11 is 0. The number of nitrogens with zero attached hydrogens (tertiary/aromatic N) is 1. The molecule has 0 saturated carbocycles. The van der Waals surface area contributed by atoms with Gasteiger partial charge in [0.2, 0.25) is 10.0 Å². The number of rotatable bonds is 6. The number of hydrogen-bond donors (Lipinski definition) is 3. The standard InChI is InChI=1S/C8H19N3O3S/c1-4-5-7(8(9)10-12)11-15(13,14)6(2)3/h6-7,11-12H,4-5H2,1-3H3,(H2,9,10). The van der Waals surface area contributed by atoms with Crippen molar-refractivity contribution in [1.29, 1.82) is 0 Å². The van der Waals surface area contributed by atoms with Crippen LogP contribution >= 0.6 is 0 Å². The van der Waals surface area contributed by atoms with Gasteiger partial charge in [0.15, 0.2) is 5.84 Å². The number of nitrogens with two attached hydrogens (primary N) is 1. The molecule has 4 N–H and O–H groups in total. The Morgan fingerprint density at radius 2 is 2.07 bits per heavy atom. The number of hydrogen-bond acceptors (Lipinski definition) is 4. The molecule has 0 rings (SSSR count). The Hall–Kier alpha value is -0.820. The molecule has 0 heterocycles. The molecule has 0 fully saturated rings. The van der Waals surface area contributed by atoms with Crippen LogP contribution in [-0.2, 0) is 10.0 Å². The van der Waals surface area contributed by atoms with Crippen molar-refractivity contribution >= 4 is 15.9 Å². The van der Waals surface area contributed by atoms with Crippen molar-refractivity contribution in [3.05, 3.63) is 0 Å². The Morgan fingerprint density at radius 3 is 2.40 bits per heavy atom. The van der Waals surface area contributed by atoms with E-state index in [9.17, 15) is 8.42 Å². The van der Waals surface area contributed by atoms with Gasteiger partial charge in [-0.2, -0.15) is 0 Å². The van der Waals surface area contributed by atoms with Gasteiger partial charge in [0.25, 0.3) is 0 Å². The summed E-state index contributed by atoms with van der Waals surface area (Å²) in [5.41, 5.74) is 5.38. The molecule has 0 aromatic carbocycles. The highest BCUT2D eigenvalue weighted by molar-refractivity contribution is 7.90. The second-order valence-electron chi connectivity index (χ2n) is 3.58. The van der Waals surface area contributed by atoms with Crippen molar-refractivity contribution in [2.75, 3.05) is 0 Å². The van der Waals surface area contributed by atoms with E-state index >= 15 is 0 Å². The lowest BCUT2D eigenvalue weighted by Crippen LogP contribution is -2.46. The smallest absolute Gasteiger partial charge is 0.214 e. The average Bonchev–Trinajstić information content (AvgIpc) is 2.15. The van der Waals surface area contributed by atoms with Crippen molar-refractivity contribution in [3.63, 3.8) is 0 Å². The van der Waals surface area contributed by atoms with Gasteiger partial charge < -0.3 is 10.9 Å². The van der Waals surface area contributed by atoms with Crippen LogP contribution in [0.2, 0.25) is 0 Å². The predicted molar refractivity (Wildman–Crippen MR) is 59.3 cm³/mol. The Morgan fingerprint density at radius 1 is 1.53 bits per heavy atom. The second-order valence-corrected chi connectivity index (χ2v) is 5.85. The third kappa shape index (κ3) is 4.48. The van der Waals surface area contributed by atoms with Crippen LogP contribution in [0.1, 0.15) is 33.6 Å². The summed E-state index contributed by atoms with van der Waals surface area (Å²) < 4.78 is 25.5. The second kappa shape index (κ2) is 5.92. The fourth-order valence-electron chi connectivity index (χ4n) is 0.960. The molecular weight excluding hydrogens is 218 g/mol. The van der Waals surface area contributed by atoms with Crippen molar-refractivity contribution < 1.29 is 13.6 Å². The largest absolute Gasteiger partial charge is 0.409 e. The van der Waals surface area contributed by atoms with E-state index in [1.807, 2.05) is 6.92 Å². The van der Waals surface area contributed by atoms with Gasteiger partial charge in [0.1, 0.15) is 0 Å². The van der Waals surface area contributed by atoms with Gasteiger partial charge in [-0.3, -0.25) is 0 Å². The maximum atomic E-state index is 11.5. The van der Waals surface area contributed by atoms with Gasteiger partial charge in [-0.25, -0.2) is 13.1 Å². The first kappa shape index (κ1) is 14.2. The summed E-state index contributed by atoms with van der Waals surface area (Å²) in [5.74, 6) is -0.110. The summed E-state index contributed by atoms with van der Waals surface area (Å²) in [7, 11) is -3.40. The van der Waals surface area contributed by atoms with Crippen LogP contribution < -0.4 is 10.5 Å². The molecule has 0 saturated heterocycles. The summed E-state index contributed by atoms with van der Waals surface area (Å²) in [6.45, 7) is 5.02. The highest BCUT2D eigenvalue weighted by Crippen LogP contribution is 2.03. The molecule has 0 radical (unpaired) electrons. The van der Waals surface area contributed by atoms with Crippen LogP contribution in [0.5, 0.6) is 0 Å². The van der Waals surface area contributed by atoms with Gasteiger partial charge in [-0.1, -0.05) is 18.5 Å². The fourth-order valence-corrected chi connectivity index (χ4v) is 1.87. The SMILES string of the molecule is CCCC(NS(=O)(=O)C(C)C)/C(N)=N/O. The molecule has 0 bridgehead atoms. The minimum absolute atomic E-state index is 0.110. The van der Waals surface area contributed by atoms with Crippen LogP contribution in [0.25, 0.3) is 0 Å². The third-order valence-corrected chi connectivity index (χ3v) is 3.83. The van der Waals surface area contributed by atoms with E-state index in [1.54, 1.807) is 13.8 Å². The Bertz CT molecular complexity index is 311. The third-order valence-electron chi connectivity index (χ3n) is 1.98. The van der Waals surface area contributed by atoms with Crippen molar-refractivity contribution in [1.82, 2.24) is 4.72 Å².